The van der Waals surface area contributed by atoms with E-state index in [2.05, 4.69) is 5.32 Å². The minimum Gasteiger partial charge on any atom is -0.348 e. The number of amides is 2. The summed E-state index contributed by atoms with van der Waals surface area (Å²) in [5, 5.41) is 11.5. The maximum absolute atomic E-state index is 13.0. The molecule has 0 spiro atoms. The van der Waals surface area contributed by atoms with Crippen LogP contribution in [0.5, 0.6) is 0 Å². The third-order valence-electron chi connectivity index (χ3n) is 6.38. The molecule has 0 bridgehead atoms. The van der Waals surface area contributed by atoms with Crippen molar-refractivity contribution in [1.29, 1.82) is 5.26 Å². The van der Waals surface area contributed by atoms with Gasteiger partial charge < -0.3 is 14.8 Å². The van der Waals surface area contributed by atoms with Crippen LogP contribution >= 0.6 is 0 Å². The molecule has 1 fully saturated rings. The summed E-state index contributed by atoms with van der Waals surface area (Å²) < 4.78 is 25.3. The minimum atomic E-state index is -3.28. The fraction of sp³-hybridized carbons (Fsp3) is 0.391. The number of pyridine rings is 1. The van der Waals surface area contributed by atoms with Crippen molar-refractivity contribution in [2.45, 2.75) is 37.6 Å². The van der Waals surface area contributed by atoms with Crippen LogP contribution in [0.2, 0.25) is 0 Å². The van der Waals surface area contributed by atoms with E-state index in [0.29, 0.717) is 18.4 Å². The first-order valence-corrected chi connectivity index (χ1v) is 12.4. The highest BCUT2D eigenvalue weighted by Crippen LogP contribution is 2.45. The molecular weight excluding hydrogens is 444 g/mol. The van der Waals surface area contributed by atoms with Crippen molar-refractivity contribution in [2.24, 2.45) is 0 Å². The maximum atomic E-state index is 13.0. The number of fused-ring (bicyclic) bond motifs is 1. The molecule has 33 heavy (non-hydrogen) atoms. The van der Waals surface area contributed by atoms with Gasteiger partial charge in [0.1, 0.15) is 11.3 Å². The summed E-state index contributed by atoms with van der Waals surface area (Å²) in [5.41, 5.74) is 0.819. The van der Waals surface area contributed by atoms with E-state index in [4.69, 9.17) is 5.26 Å². The summed E-state index contributed by atoms with van der Waals surface area (Å²) in [6.07, 6.45) is 1.08. The fourth-order valence-electron chi connectivity index (χ4n) is 4.13. The van der Waals surface area contributed by atoms with E-state index in [0.717, 1.165) is 5.56 Å². The number of carbonyl (C=O) groups is 2. The van der Waals surface area contributed by atoms with E-state index in [1.54, 1.807) is 31.2 Å². The van der Waals surface area contributed by atoms with Crippen molar-refractivity contribution in [1.82, 2.24) is 14.8 Å². The third kappa shape index (κ3) is 4.16. The third-order valence-corrected chi connectivity index (χ3v) is 9.00. The van der Waals surface area contributed by atoms with Gasteiger partial charge in [-0.05, 0) is 42.7 Å². The summed E-state index contributed by atoms with van der Waals surface area (Å²) in [7, 11) is -3.28. The standard InChI is InChI=1S/C23H24N4O5S/c1-2-33(31,32)23(9-10-23)15-26-11-12-27-19(22(26)30)8-7-18(21(27)29)20(28)25-14-17-5-3-16(13-24)4-6-17/h3-8H,2,9-12,14-15H2,1H3,(H,25,28). The average molecular weight is 469 g/mol. The predicted molar refractivity (Wildman–Crippen MR) is 120 cm³/mol. The number of nitriles is 1. The second-order valence-electron chi connectivity index (χ2n) is 8.39. The zero-order chi connectivity index (χ0) is 23.8. The van der Waals surface area contributed by atoms with E-state index in [9.17, 15) is 22.8 Å². The van der Waals surface area contributed by atoms with Gasteiger partial charge in [0.05, 0.1) is 16.4 Å². The summed E-state index contributed by atoms with van der Waals surface area (Å²) in [4.78, 5) is 40.0. The molecule has 1 aromatic heterocycles. The highest BCUT2D eigenvalue weighted by Gasteiger charge is 2.55. The van der Waals surface area contributed by atoms with E-state index in [1.165, 1.54) is 21.6 Å². The summed E-state index contributed by atoms with van der Waals surface area (Å²) in [6, 6.07) is 11.5. The van der Waals surface area contributed by atoms with Crippen LogP contribution in [0.25, 0.3) is 0 Å². The lowest BCUT2D eigenvalue weighted by molar-refractivity contribution is 0.0695. The molecule has 1 aromatic carbocycles. The number of benzene rings is 1. The molecule has 172 valence electrons. The van der Waals surface area contributed by atoms with Gasteiger partial charge in [0, 0.05) is 31.9 Å². The normalized spacial score (nSPS) is 16.6. The van der Waals surface area contributed by atoms with Gasteiger partial charge in [0.25, 0.3) is 17.4 Å². The zero-order valence-corrected chi connectivity index (χ0v) is 19.0. The van der Waals surface area contributed by atoms with Gasteiger partial charge in [-0.15, -0.1) is 0 Å². The van der Waals surface area contributed by atoms with Crippen LogP contribution < -0.4 is 10.9 Å². The molecule has 2 amide bonds. The molecule has 0 radical (unpaired) electrons. The molecule has 9 nitrogen and oxygen atoms in total. The molecule has 10 heteroatoms. The van der Waals surface area contributed by atoms with Crippen LogP contribution in [-0.4, -0.2) is 53.3 Å². The van der Waals surface area contributed by atoms with Gasteiger partial charge in [-0.3, -0.25) is 14.4 Å². The Balaban J connectivity index is 1.48. The van der Waals surface area contributed by atoms with Gasteiger partial charge in [-0.1, -0.05) is 19.1 Å². The first-order valence-electron chi connectivity index (χ1n) is 10.7. The van der Waals surface area contributed by atoms with E-state index < -0.39 is 32.0 Å². The Morgan fingerprint density at radius 2 is 1.82 bits per heavy atom. The number of nitrogens with one attached hydrogen (secondary N) is 1. The summed E-state index contributed by atoms with van der Waals surface area (Å²) in [5.74, 6) is -0.924. The molecule has 1 N–H and O–H groups in total. The summed E-state index contributed by atoms with van der Waals surface area (Å²) in [6.45, 7) is 2.33. The van der Waals surface area contributed by atoms with Crippen LogP contribution in [-0.2, 0) is 22.9 Å². The molecule has 0 unspecified atom stereocenters. The fourth-order valence-corrected chi connectivity index (χ4v) is 5.82. The van der Waals surface area contributed by atoms with Gasteiger partial charge in [0.2, 0.25) is 0 Å². The largest absolute Gasteiger partial charge is 0.348 e. The minimum absolute atomic E-state index is 0.0337. The van der Waals surface area contributed by atoms with Gasteiger partial charge in [-0.2, -0.15) is 5.26 Å². The molecule has 2 heterocycles. The molecular formula is C23H24N4O5S. The zero-order valence-electron chi connectivity index (χ0n) is 18.2. The first-order chi connectivity index (χ1) is 15.7. The lowest BCUT2D eigenvalue weighted by atomic mass is 10.1. The van der Waals surface area contributed by atoms with Crippen molar-refractivity contribution >= 4 is 21.7 Å². The Kier molecular flexibility index (Phi) is 5.84. The lowest BCUT2D eigenvalue weighted by Gasteiger charge is -2.32. The molecule has 1 aliphatic carbocycles. The van der Waals surface area contributed by atoms with Crippen LogP contribution in [0.4, 0.5) is 0 Å². The van der Waals surface area contributed by atoms with Crippen molar-refractivity contribution in [3.63, 3.8) is 0 Å². The lowest BCUT2D eigenvalue weighted by Crippen LogP contribution is -2.50. The van der Waals surface area contributed by atoms with Gasteiger partial charge in [0.15, 0.2) is 9.84 Å². The van der Waals surface area contributed by atoms with Crippen molar-refractivity contribution in [3.05, 3.63) is 69.1 Å². The first kappa shape index (κ1) is 22.7. The number of hydrogen-bond acceptors (Lipinski definition) is 6. The predicted octanol–water partition coefficient (Wildman–Crippen LogP) is 1.07. The summed E-state index contributed by atoms with van der Waals surface area (Å²) >= 11 is 0. The Hall–Kier alpha value is -3.45. The van der Waals surface area contributed by atoms with E-state index >= 15 is 0 Å². The van der Waals surface area contributed by atoms with Gasteiger partial charge >= 0.3 is 0 Å². The SMILES string of the molecule is CCS(=O)(=O)C1(CN2CCn3c(ccc(C(=O)NCc4ccc(C#N)cc4)c3=O)C2=O)CC1. The average Bonchev–Trinajstić information content (AvgIpc) is 3.61. The molecule has 1 saturated carbocycles. The van der Waals surface area contributed by atoms with Gasteiger partial charge in [-0.25, -0.2) is 8.42 Å². The molecule has 2 aliphatic rings. The second kappa shape index (κ2) is 8.48. The smallest absolute Gasteiger partial charge is 0.270 e. The van der Waals surface area contributed by atoms with Crippen LogP contribution in [0.15, 0.2) is 41.2 Å². The molecule has 0 saturated heterocycles. The molecule has 1 aliphatic heterocycles. The Morgan fingerprint density at radius 1 is 1.12 bits per heavy atom. The number of rotatable bonds is 7. The van der Waals surface area contributed by atoms with Crippen LogP contribution in [0.3, 0.4) is 0 Å². The Labute approximate surface area is 191 Å². The monoisotopic (exact) mass is 468 g/mol. The Morgan fingerprint density at radius 3 is 2.42 bits per heavy atom. The van der Waals surface area contributed by atoms with E-state index in [1.807, 2.05) is 6.07 Å². The maximum Gasteiger partial charge on any atom is 0.270 e. The van der Waals surface area contributed by atoms with Crippen molar-refractivity contribution in [3.8, 4) is 6.07 Å². The number of sulfone groups is 1. The van der Waals surface area contributed by atoms with Crippen LogP contribution in [0, 0.1) is 11.3 Å². The van der Waals surface area contributed by atoms with Crippen molar-refractivity contribution in [2.75, 3.05) is 18.8 Å². The number of hydrogen-bond donors (Lipinski definition) is 1. The number of aromatic nitrogens is 1. The number of nitrogens with zero attached hydrogens (tertiary/aromatic N) is 3. The number of carbonyl (C=O) groups excluding carboxylic acids is 2. The second-order valence-corrected chi connectivity index (χ2v) is 11.1. The van der Waals surface area contributed by atoms with Crippen molar-refractivity contribution < 1.29 is 18.0 Å². The highest BCUT2D eigenvalue weighted by atomic mass is 32.2. The van der Waals surface area contributed by atoms with Crippen LogP contribution in [0.1, 0.15) is 51.7 Å². The molecule has 4 rings (SSSR count). The highest BCUT2D eigenvalue weighted by molar-refractivity contribution is 7.93. The quantitative estimate of drug-likeness (QED) is 0.647. The topological polar surface area (TPSA) is 129 Å². The Bertz CT molecular complexity index is 1320. The molecule has 2 aromatic rings. The molecule has 0 atom stereocenters. The van der Waals surface area contributed by atoms with E-state index in [-0.39, 0.29) is 43.2 Å².